The third-order valence-corrected chi connectivity index (χ3v) is 5.64. The fourth-order valence-electron chi connectivity index (χ4n) is 3.92. The Kier molecular flexibility index (Phi) is 5.66. The first-order chi connectivity index (χ1) is 16.9. The van der Waals surface area contributed by atoms with Gasteiger partial charge in [-0.15, -0.1) is 0 Å². The maximum absolute atomic E-state index is 13.6. The zero-order chi connectivity index (χ0) is 24.5. The molecule has 3 N–H and O–H groups in total. The van der Waals surface area contributed by atoms with Gasteiger partial charge in [-0.1, -0.05) is 12.1 Å². The van der Waals surface area contributed by atoms with Crippen LogP contribution in [0.5, 0.6) is 0 Å². The normalized spacial score (nSPS) is 11.1. The van der Waals surface area contributed by atoms with Crippen LogP contribution in [-0.2, 0) is 6.54 Å². The van der Waals surface area contributed by atoms with Gasteiger partial charge in [0.2, 0.25) is 5.95 Å². The molecule has 5 aromatic rings. The van der Waals surface area contributed by atoms with E-state index in [1.165, 1.54) is 26.0 Å². The van der Waals surface area contributed by atoms with E-state index in [2.05, 4.69) is 30.8 Å². The number of nitrogens with zero attached hydrogens (tertiary/aromatic N) is 3. The van der Waals surface area contributed by atoms with Gasteiger partial charge in [-0.2, -0.15) is 10.1 Å². The summed E-state index contributed by atoms with van der Waals surface area (Å²) in [6, 6.07) is 15.2. The van der Waals surface area contributed by atoms with E-state index >= 15 is 0 Å². The van der Waals surface area contributed by atoms with Crippen molar-refractivity contribution < 1.29 is 14.0 Å². The number of Topliss-reactive ketones (excluding diaryl/α,β-unsaturated/α-hetero) is 2. The van der Waals surface area contributed by atoms with Crippen molar-refractivity contribution in [1.29, 1.82) is 0 Å². The van der Waals surface area contributed by atoms with Gasteiger partial charge in [0.05, 0.1) is 17.2 Å². The number of rotatable bonds is 7. The molecule has 0 atom stereocenters. The van der Waals surface area contributed by atoms with Crippen LogP contribution in [-0.4, -0.2) is 31.7 Å². The van der Waals surface area contributed by atoms with E-state index in [9.17, 15) is 14.0 Å². The van der Waals surface area contributed by atoms with E-state index in [-0.39, 0.29) is 17.4 Å². The Labute approximate surface area is 199 Å². The lowest BCUT2D eigenvalue weighted by molar-refractivity contribution is 0.0981. The van der Waals surface area contributed by atoms with Crippen LogP contribution >= 0.6 is 0 Å². The van der Waals surface area contributed by atoms with E-state index in [1.54, 1.807) is 30.5 Å². The first-order valence-corrected chi connectivity index (χ1v) is 10.9. The fourth-order valence-corrected chi connectivity index (χ4v) is 3.92. The van der Waals surface area contributed by atoms with Crippen LogP contribution in [0.2, 0.25) is 0 Å². The topological polar surface area (TPSA) is 113 Å². The molecule has 9 heteroatoms. The minimum atomic E-state index is -0.330. The van der Waals surface area contributed by atoms with E-state index in [0.717, 1.165) is 22.2 Å². The number of fused-ring (bicyclic) bond motifs is 2. The van der Waals surface area contributed by atoms with Gasteiger partial charge < -0.3 is 10.6 Å². The van der Waals surface area contributed by atoms with Gasteiger partial charge in [-0.3, -0.25) is 14.7 Å². The van der Waals surface area contributed by atoms with Crippen molar-refractivity contribution in [3.63, 3.8) is 0 Å². The SMILES string of the molecule is CC(=O)c1cc2nc(NCc3cccc(F)c3)nc(Nc3ccc4[nH]ncc4c3)c2cc1C(C)=O. The molecular weight excluding hydrogens is 447 g/mol. The van der Waals surface area contributed by atoms with Crippen LogP contribution in [0.3, 0.4) is 0 Å². The van der Waals surface area contributed by atoms with Gasteiger partial charge in [0.1, 0.15) is 11.6 Å². The lowest BCUT2D eigenvalue weighted by Crippen LogP contribution is -2.09. The molecule has 0 spiro atoms. The quantitative estimate of drug-likeness (QED) is 0.274. The Morgan fingerprint density at radius 2 is 1.77 bits per heavy atom. The van der Waals surface area contributed by atoms with Gasteiger partial charge in [-0.05, 0) is 61.9 Å². The minimum Gasteiger partial charge on any atom is -0.350 e. The highest BCUT2D eigenvalue weighted by Gasteiger charge is 2.17. The monoisotopic (exact) mass is 468 g/mol. The molecule has 0 bridgehead atoms. The maximum Gasteiger partial charge on any atom is 0.225 e. The summed E-state index contributed by atoms with van der Waals surface area (Å²) in [4.78, 5) is 33.7. The predicted molar refractivity (Wildman–Crippen MR) is 133 cm³/mol. The summed E-state index contributed by atoms with van der Waals surface area (Å²) in [7, 11) is 0. The third-order valence-electron chi connectivity index (χ3n) is 5.64. The predicted octanol–water partition coefficient (Wildman–Crippen LogP) is 5.41. The number of aromatic nitrogens is 4. The number of halogens is 1. The summed E-state index contributed by atoms with van der Waals surface area (Å²) in [5.41, 5.74) is 3.47. The zero-order valence-corrected chi connectivity index (χ0v) is 19.0. The van der Waals surface area contributed by atoms with E-state index < -0.39 is 0 Å². The van der Waals surface area contributed by atoms with Gasteiger partial charge in [0, 0.05) is 34.1 Å². The largest absolute Gasteiger partial charge is 0.350 e. The Morgan fingerprint density at radius 3 is 2.54 bits per heavy atom. The van der Waals surface area contributed by atoms with Crippen LogP contribution < -0.4 is 10.6 Å². The summed E-state index contributed by atoms with van der Waals surface area (Å²) in [5, 5.41) is 14.9. The smallest absolute Gasteiger partial charge is 0.225 e. The van der Waals surface area contributed by atoms with Gasteiger partial charge in [0.15, 0.2) is 11.6 Å². The van der Waals surface area contributed by atoms with Crippen molar-refractivity contribution in [3.8, 4) is 0 Å². The van der Waals surface area contributed by atoms with Crippen molar-refractivity contribution in [1.82, 2.24) is 20.2 Å². The average Bonchev–Trinajstić information content (AvgIpc) is 3.30. The number of benzene rings is 3. The second-order valence-corrected chi connectivity index (χ2v) is 8.20. The molecule has 0 aliphatic rings. The number of hydrogen-bond donors (Lipinski definition) is 3. The number of hydrogen-bond acceptors (Lipinski definition) is 7. The molecule has 35 heavy (non-hydrogen) atoms. The molecule has 5 rings (SSSR count). The number of H-pyrrole nitrogens is 1. The van der Waals surface area contributed by atoms with Gasteiger partial charge in [-0.25, -0.2) is 9.37 Å². The molecule has 2 heterocycles. The highest BCUT2D eigenvalue weighted by atomic mass is 19.1. The number of nitrogens with one attached hydrogen (secondary N) is 3. The molecule has 3 aromatic carbocycles. The van der Waals surface area contributed by atoms with Crippen LogP contribution in [0.1, 0.15) is 40.1 Å². The minimum absolute atomic E-state index is 0.226. The molecule has 0 aliphatic carbocycles. The van der Waals surface area contributed by atoms with Crippen molar-refractivity contribution >= 4 is 50.8 Å². The molecule has 0 aliphatic heterocycles. The average molecular weight is 468 g/mol. The van der Waals surface area contributed by atoms with Crippen molar-refractivity contribution in [3.05, 3.63) is 83.3 Å². The Morgan fingerprint density at radius 1 is 0.971 bits per heavy atom. The van der Waals surface area contributed by atoms with Crippen LogP contribution in [0.4, 0.5) is 21.8 Å². The molecule has 0 unspecified atom stereocenters. The lowest BCUT2D eigenvalue weighted by atomic mass is 9.98. The molecule has 0 amide bonds. The summed E-state index contributed by atoms with van der Waals surface area (Å²) >= 11 is 0. The molecule has 0 saturated carbocycles. The van der Waals surface area contributed by atoms with Gasteiger partial charge >= 0.3 is 0 Å². The third kappa shape index (κ3) is 4.56. The molecule has 0 fully saturated rings. The van der Waals surface area contributed by atoms with Crippen LogP contribution in [0, 0.1) is 5.82 Å². The first kappa shape index (κ1) is 22.1. The van der Waals surface area contributed by atoms with Crippen LogP contribution in [0.15, 0.2) is 60.8 Å². The zero-order valence-electron chi connectivity index (χ0n) is 19.0. The molecule has 0 saturated heterocycles. The fraction of sp³-hybridized carbons (Fsp3) is 0.115. The molecule has 174 valence electrons. The summed E-state index contributed by atoms with van der Waals surface area (Å²) in [6.45, 7) is 3.13. The standard InChI is InChI=1S/C26H21FN6O2/c1-14(34)20-10-22-24(11-21(20)15(2)35)31-26(28-12-16-4-3-5-18(27)8-16)32-25(22)30-19-6-7-23-17(9-19)13-29-33-23/h3-11,13H,12H2,1-2H3,(H,29,33)(H2,28,30,31,32). The number of carbonyl (C=O) groups is 2. The molecule has 8 nitrogen and oxygen atoms in total. The Hall–Kier alpha value is -4.66. The summed E-state index contributed by atoms with van der Waals surface area (Å²) < 4.78 is 13.6. The molecule has 0 radical (unpaired) electrons. The number of ketones is 2. The lowest BCUT2D eigenvalue weighted by Gasteiger charge is -2.14. The van der Waals surface area contributed by atoms with Crippen molar-refractivity contribution in [2.45, 2.75) is 20.4 Å². The number of anilines is 3. The van der Waals surface area contributed by atoms with Crippen LogP contribution in [0.25, 0.3) is 21.8 Å². The second-order valence-electron chi connectivity index (χ2n) is 8.20. The first-order valence-electron chi connectivity index (χ1n) is 10.9. The molecular formula is C26H21FN6O2. The number of carbonyl (C=O) groups excluding carboxylic acids is 2. The summed E-state index contributed by atoms with van der Waals surface area (Å²) in [5.74, 6) is -0.0411. The van der Waals surface area contributed by atoms with E-state index in [4.69, 9.17) is 0 Å². The highest BCUT2D eigenvalue weighted by molar-refractivity contribution is 6.11. The summed E-state index contributed by atoms with van der Waals surface area (Å²) in [6.07, 6.45) is 1.72. The Balaban J connectivity index is 1.61. The highest BCUT2D eigenvalue weighted by Crippen LogP contribution is 2.30. The van der Waals surface area contributed by atoms with Crippen molar-refractivity contribution in [2.75, 3.05) is 10.6 Å². The van der Waals surface area contributed by atoms with E-state index in [0.29, 0.717) is 40.3 Å². The van der Waals surface area contributed by atoms with Crippen molar-refractivity contribution in [2.24, 2.45) is 0 Å². The number of aromatic amines is 1. The Bertz CT molecular complexity index is 1610. The maximum atomic E-state index is 13.6. The van der Waals surface area contributed by atoms with Gasteiger partial charge in [0.25, 0.3) is 0 Å². The van der Waals surface area contributed by atoms with E-state index in [1.807, 2.05) is 18.2 Å². The molecule has 2 aromatic heterocycles. The second kappa shape index (κ2) is 8.94.